The van der Waals surface area contributed by atoms with E-state index in [0.29, 0.717) is 19.3 Å². The van der Waals surface area contributed by atoms with Gasteiger partial charge < -0.3 is 14.6 Å². The van der Waals surface area contributed by atoms with Gasteiger partial charge in [-0.3, -0.25) is 9.59 Å². The lowest BCUT2D eigenvalue weighted by Gasteiger charge is -2.27. The molecule has 0 spiro atoms. The number of ether oxygens (including phenoxy) is 1. The van der Waals surface area contributed by atoms with Crippen molar-refractivity contribution in [3.05, 3.63) is 39.7 Å². The van der Waals surface area contributed by atoms with E-state index in [1.54, 1.807) is 11.5 Å². The summed E-state index contributed by atoms with van der Waals surface area (Å²) in [6.45, 7) is 2.13. The van der Waals surface area contributed by atoms with Crippen LogP contribution in [0.5, 0.6) is 5.75 Å². The van der Waals surface area contributed by atoms with Crippen LogP contribution in [0.1, 0.15) is 42.6 Å². The maximum Gasteiger partial charge on any atom is 0.256 e. The summed E-state index contributed by atoms with van der Waals surface area (Å²) in [5.41, 5.74) is -1.24. The molecule has 4 rings (SSSR count). The molecular weight excluding hydrogens is 382 g/mol. The number of terminal acetylenes is 1. The molecule has 0 bridgehead atoms. The molecule has 9 heteroatoms. The summed E-state index contributed by atoms with van der Waals surface area (Å²) in [5.74, 6) is -0.727. The molecule has 7 nitrogen and oxygen atoms in total. The van der Waals surface area contributed by atoms with Crippen LogP contribution >= 0.6 is 0 Å². The van der Waals surface area contributed by atoms with Gasteiger partial charge in [-0.25, -0.2) is 4.39 Å². The molecule has 1 amide bonds. The molecule has 150 valence electrons. The summed E-state index contributed by atoms with van der Waals surface area (Å²) in [5, 5.41) is 10.6. The number of hydrogen-bond donors (Lipinski definition) is 1. The van der Waals surface area contributed by atoms with E-state index in [4.69, 9.17) is 11.2 Å². The Labute approximate surface area is 164 Å². The first-order valence-electron chi connectivity index (χ1n) is 9.22. The van der Waals surface area contributed by atoms with E-state index in [-0.39, 0.29) is 41.4 Å². The topological polar surface area (TPSA) is 85.0 Å². The molecule has 1 N–H and O–H groups in total. The Morgan fingerprint density at radius 3 is 2.90 bits per heavy atom. The third kappa shape index (κ3) is 3.24. The molecule has 0 saturated heterocycles. The van der Waals surface area contributed by atoms with Crippen LogP contribution in [0.2, 0.25) is 0 Å². The van der Waals surface area contributed by atoms with Crippen molar-refractivity contribution in [3.8, 4) is 18.1 Å². The second-order valence-corrected chi connectivity index (χ2v) is 7.23. The fourth-order valence-electron chi connectivity index (χ4n) is 3.49. The lowest BCUT2D eigenvalue weighted by Crippen LogP contribution is -2.34. The first kappa shape index (κ1) is 19.1. The van der Waals surface area contributed by atoms with Gasteiger partial charge in [-0.05, 0) is 13.0 Å². The molecule has 0 aliphatic carbocycles. The minimum Gasteiger partial charge on any atom is -0.486 e. The number of hydrogen-bond acceptors (Lipinski definition) is 5. The molecule has 0 saturated carbocycles. The quantitative estimate of drug-likeness (QED) is 0.757. The normalized spacial score (nSPS) is 18.2. The van der Waals surface area contributed by atoms with E-state index in [1.807, 2.05) is 0 Å². The molecule has 2 aliphatic rings. The summed E-state index contributed by atoms with van der Waals surface area (Å²) in [4.78, 5) is 25.5. The van der Waals surface area contributed by atoms with Crippen molar-refractivity contribution in [1.29, 1.82) is 0 Å². The first-order valence-corrected chi connectivity index (χ1v) is 9.22. The largest absolute Gasteiger partial charge is 0.486 e. The van der Waals surface area contributed by atoms with Crippen LogP contribution < -0.4 is 15.5 Å². The highest BCUT2D eigenvalue weighted by Crippen LogP contribution is 2.36. The Bertz CT molecular complexity index is 1140. The Balaban J connectivity index is 1.62. The monoisotopic (exact) mass is 400 g/mol. The highest BCUT2D eigenvalue weighted by molar-refractivity contribution is 5.98. The highest BCUT2D eigenvalue weighted by Gasteiger charge is 2.38. The van der Waals surface area contributed by atoms with Gasteiger partial charge in [0.2, 0.25) is 11.2 Å². The zero-order valence-electron chi connectivity index (χ0n) is 15.7. The Kier molecular flexibility index (Phi) is 4.57. The van der Waals surface area contributed by atoms with E-state index >= 15 is 0 Å². The van der Waals surface area contributed by atoms with E-state index in [2.05, 4.69) is 21.5 Å². The van der Waals surface area contributed by atoms with Gasteiger partial charge in [-0.15, -0.1) is 12.3 Å². The van der Waals surface area contributed by atoms with Crippen molar-refractivity contribution >= 4 is 16.8 Å². The Morgan fingerprint density at radius 1 is 1.45 bits per heavy atom. The Morgan fingerprint density at radius 2 is 2.21 bits per heavy atom. The Hall–Kier alpha value is -3.28. The van der Waals surface area contributed by atoms with E-state index < -0.39 is 28.6 Å². The summed E-state index contributed by atoms with van der Waals surface area (Å²) in [7, 11) is 0. The molecule has 0 fully saturated rings. The van der Waals surface area contributed by atoms with Crippen LogP contribution in [0.25, 0.3) is 10.9 Å². The predicted molar refractivity (Wildman–Crippen MR) is 101 cm³/mol. The third-order valence-corrected chi connectivity index (χ3v) is 5.22. The van der Waals surface area contributed by atoms with Gasteiger partial charge in [0, 0.05) is 32.0 Å². The van der Waals surface area contributed by atoms with E-state index in [9.17, 15) is 18.4 Å². The zero-order chi connectivity index (χ0) is 20.8. The summed E-state index contributed by atoms with van der Waals surface area (Å²) < 4.78 is 35.0. The smallest absolute Gasteiger partial charge is 0.256 e. The predicted octanol–water partition coefficient (Wildman–Crippen LogP) is 2.93. The fourth-order valence-corrected chi connectivity index (χ4v) is 3.49. The molecule has 1 atom stereocenters. The third-order valence-electron chi connectivity index (χ3n) is 5.22. The van der Waals surface area contributed by atoms with Gasteiger partial charge in [-0.1, -0.05) is 0 Å². The molecule has 0 unspecified atom stereocenters. The standard InChI is InChI=1S/C20H18F2N4O3/c1-3-4-5-20(24-25-20)6-7-23-19(28)13-9-26-11(2)10-29-18-15(22)14(21)8-12(16(18)26)17(13)27/h1,8-9,11H,4-7,10H2,2H3,(H,23,28)/t11-/m0/s1. The number of carbonyl (C=O) groups is 1. The van der Waals surface area contributed by atoms with Crippen molar-refractivity contribution in [2.75, 3.05) is 13.2 Å². The number of benzene rings is 1. The van der Waals surface area contributed by atoms with Gasteiger partial charge in [0.15, 0.2) is 17.2 Å². The van der Waals surface area contributed by atoms with Gasteiger partial charge in [0.1, 0.15) is 12.2 Å². The lowest BCUT2D eigenvalue weighted by atomic mass is 10.0. The van der Waals surface area contributed by atoms with Gasteiger partial charge in [0.25, 0.3) is 5.91 Å². The number of nitrogens with one attached hydrogen (secondary N) is 1. The van der Waals surface area contributed by atoms with Crippen molar-refractivity contribution in [1.82, 2.24) is 9.88 Å². The van der Waals surface area contributed by atoms with Gasteiger partial charge in [-0.2, -0.15) is 14.6 Å². The molecule has 3 heterocycles. The number of amides is 1. The second-order valence-electron chi connectivity index (χ2n) is 7.23. The summed E-state index contributed by atoms with van der Waals surface area (Å²) in [6, 6.07) is 0.542. The number of pyridine rings is 1. The van der Waals surface area contributed by atoms with E-state index in [0.717, 1.165) is 6.07 Å². The van der Waals surface area contributed by atoms with Crippen LogP contribution in [0.3, 0.4) is 0 Å². The number of rotatable bonds is 6. The van der Waals surface area contributed by atoms with Crippen molar-refractivity contribution < 1.29 is 18.3 Å². The van der Waals surface area contributed by atoms with Gasteiger partial charge >= 0.3 is 0 Å². The van der Waals surface area contributed by atoms with Crippen LogP contribution in [0, 0.1) is 24.0 Å². The van der Waals surface area contributed by atoms with Crippen LogP contribution in [-0.4, -0.2) is 29.3 Å². The average molecular weight is 400 g/mol. The van der Waals surface area contributed by atoms with Gasteiger partial charge in [0.05, 0.1) is 16.9 Å². The molecular formula is C20H18F2N4O3. The van der Waals surface area contributed by atoms with Crippen molar-refractivity contribution in [2.24, 2.45) is 10.2 Å². The van der Waals surface area contributed by atoms with Crippen LogP contribution in [-0.2, 0) is 0 Å². The second kappa shape index (κ2) is 6.95. The maximum atomic E-state index is 14.1. The number of nitrogens with zero attached hydrogens (tertiary/aromatic N) is 3. The minimum atomic E-state index is -1.20. The zero-order valence-corrected chi connectivity index (χ0v) is 15.7. The SMILES string of the molecule is C#CCCC1(CCNC(=O)c2cn3c4c(c(F)c(F)cc4c2=O)OC[C@@H]3C)N=N1. The molecule has 0 radical (unpaired) electrons. The lowest BCUT2D eigenvalue weighted by molar-refractivity contribution is 0.0949. The number of aromatic nitrogens is 1. The summed E-state index contributed by atoms with van der Waals surface area (Å²) in [6.07, 6.45) is 8.22. The fraction of sp³-hybridized carbons (Fsp3) is 0.400. The number of carbonyl (C=O) groups excluding carboxylic acids is 1. The van der Waals surface area contributed by atoms with Crippen molar-refractivity contribution in [2.45, 2.75) is 37.9 Å². The molecule has 1 aromatic heterocycles. The van der Waals surface area contributed by atoms with Crippen molar-refractivity contribution in [3.63, 3.8) is 0 Å². The summed E-state index contributed by atoms with van der Waals surface area (Å²) >= 11 is 0. The molecule has 1 aromatic carbocycles. The molecule has 29 heavy (non-hydrogen) atoms. The average Bonchev–Trinajstić information content (AvgIpc) is 3.47. The number of halogens is 2. The van der Waals surface area contributed by atoms with E-state index in [1.165, 1.54) is 6.20 Å². The highest BCUT2D eigenvalue weighted by atomic mass is 19.2. The minimum absolute atomic E-state index is 0.0904. The molecule has 2 aliphatic heterocycles. The molecule has 2 aromatic rings. The first-order chi connectivity index (χ1) is 13.9. The maximum absolute atomic E-state index is 14.1. The van der Waals surface area contributed by atoms with Crippen LogP contribution in [0.15, 0.2) is 27.3 Å². The van der Waals surface area contributed by atoms with Crippen LogP contribution in [0.4, 0.5) is 8.78 Å².